The van der Waals surface area contributed by atoms with Crippen molar-refractivity contribution < 1.29 is 87.0 Å². The van der Waals surface area contributed by atoms with Gasteiger partial charge >= 0.3 is 35.8 Å². The lowest BCUT2D eigenvalue weighted by Gasteiger charge is -2.39. The Bertz CT molecular complexity index is 1410. The zero-order chi connectivity index (χ0) is 41.0. The van der Waals surface area contributed by atoms with E-state index in [9.17, 15) is 67.3 Å². The Kier molecular flexibility index (Phi) is 17.2. The van der Waals surface area contributed by atoms with E-state index in [1.54, 1.807) is 0 Å². The summed E-state index contributed by atoms with van der Waals surface area (Å²) in [5.41, 5.74) is 0.931. The molecule has 2 rings (SSSR count). The molecule has 0 spiro atoms. The number of ether oxygens (including phenoxy) is 2. The van der Waals surface area contributed by atoms with Crippen LogP contribution in [0, 0.1) is 0 Å². The number of aliphatic hydroxyl groups excluding tert-OH is 4. The normalized spacial score (nSPS) is 14.6. The Hall–Kier alpha value is -3.03. The third-order valence-corrected chi connectivity index (χ3v) is 8.49. The molecule has 0 aliphatic carbocycles. The largest absolute Gasteiger partial charge is 0.493 e. The van der Waals surface area contributed by atoms with E-state index in [0.29, 0.717) is 30.4 Å². The molecule has 0 aromatic heterocycles. The minimum atomic E-state index is -7.95. The molecule has 6 nitrogen and oxygen atoms in total. The Labute approximate surface area is 302 Å². The highest BCUT2D eigenvalue weighted by atomic mass is 19.4. The fourth-order valence-corrected chi connectivity index (χ4v) is 5.18. The first-order valence-electron chi connectivity index (χ1n) is 17.0. The molecular formula is C35H43F13O6. The molecule has 54 heavy (non-hydrogen) atoms. The van der Waals surface area contributed by atoms with Crippen LogP contribution in [0.5, 0.6) is 11.5 Å². The Morgan fingerprint density at radius 2 is 1.06 bits per heavy atom. The fraction of sp³-hybridized carbons (Fsp3) is 0.657. The van der Waals surface area contributed by atoms with Gasteiger partial charge in [0, 0.05) is 6.42 Å². The van der Waals surface area contributed by atoms with Gasteiger partial charge in [-0.25, -0.2) is 0 Å². The van der Waals surface area contributed by atoms with Gasteiger partial charge in [-0.1, -0.05) is 56.7 Å². The summed E-state index contributed by atoms with van der Waals surface area (Å²) >= 11 is 0. The highest BCUT2D eigenvalue weighted by Gasteiger charge is 2.90. The first-order valence-corrected chi connectivity index (χ1v) is 17.0. The molecule has 0 radical (unpaired) electrons. The Morgan fingerprint density at radius 3 is 1.61 bits per heavy atom. The number of hydrogen-bond acceptors (Lipinski definition) is 6. The first-order chi connectivity index (χ1) is 25.0. The molecule has 0 aliphatic rings. The third kappa shape index (κ3) is 11.7. The summed E-state index contributed by atoms with van der Waals surface area (Å²) in [7, 11) is 0. The van der Waals surface area contributed by atoms with Gasteiger partial charge in [-0.05, 0) is 66.6 Å². The van der Waals surface area contributed by atoms with Crippen LogP contribution in [0.2, 0.25) is 0 Å². The summed E-state index contributed by atoms with van der Waals surface area (Å²) in [5, 5.41) is 36.6. The highest BCUT2D eigenvalue weighted by molar-refractivity contribution is 5.66. The fourth-order valence-electron chi connectivity index (χ4n) is 5.18. The summed E-state index contributed by atoms with van der Waals surface area (Å²) in [6.07, 6.45) is -7.71. The van der Waals surface area contributed by atoms with Gasteiger partial charge in [0.1, 0.15) is 24.2 Å². The van der Waals surface area contributed by atoms with Gasteiger partial charge in [-0.15, -0.1) is 0 Å². The summed E-state index contributed by atoms with van der Waals surface area (Å²) in [4.78, 5) is 0. The predicted molar refractivity (Wildman–Crippen MR) is 170 cm³/mol. The van der Waals surface area contributed by atoms with E-state index < -0.39 is 73.9 Å². The Balaban J connectivity index is 2.20. The summed E-state index contributed by atoms with van der Waals surface area (Å²) < 4.78 is 188. The number of alkyl halides is 13. The average molecular weight is 807 g/mol. The maximum Gasteiger partial charge on any atom is 0.460 e. The van der Waals surface area contributed by atoms with Crippen molar-refractivity contribution in [2.24, 2.45) is 0 Å². The van der Waals surface area contributed by atoms with Crippen LogP contribution < -0.4 is 9.47 Å². The van der Waals surface area contributed by atoms with Crippen LogP contribution in [0.4, 0.5) is 57.1 Å². The van der Waals surface area contributed by atoms with E-state index in [1.807, 2.05) is 0 Å². The van der Waals surface area contributed by atoms with Crippen LogP contribution in [0.3, 0.4) is 0 Å². The van der Waals surface area contributed by atoms with Crippen LogP contribution in [-0.4, -0.2) is 94.9 Å². The summed E-state index contributed by atoms with van der Waals surface area (Å²) in [6, 6.07) is 10.3. The number of halogens is 13. The lowest BCUT2D eigenvalue weighted by Crippen LogP contribution is -2.70. The van der Waals surface area contributed by atoms with Crippen molar-refractivity contribution in [3.8, 4) is 22.6 Å². The van der Waals surface area contributed by atoms with Gasteiger partial charge in [0.2, 0.25) is 0 Å². The molecule has 2 aromatic rings. The van der Waals surface area contributed by atoms with Crippen molar-refractivity contribution in [3.63, 3.8) is 0 Å². The summed E-state index contributed by atoms with van der Waals surface area (Å²) in [6.45, 7) is -1.02. The standard InChI is InChI=1S/C35H43F13O6/c36-30(37,31(38,39)32(40,41)33(42,43)34(44,45)35(46,47)48)17-8-9-25-19-24(23-11-14-28(15-12-23)54-22-27(52)21-50)13-16-29(25)53-18-7-5-3-1-2-4-6-10-26(51)20-49/h11-16,19,26-27,49-52H,1-10,17-18,20-22H2. The van der Waals surface area contributed by atoms with Crippen LogP contribution in [-0.2, 0) is 6.42 Å². The molecule has 0 saturated heterocycles. The van der Waals surface area contributed by atoms with Crippen molar-refractivity contribution >= 4 is 0 Å². The number of aryl methyl sites for hydroxylation is 1. The molecule has 2 unspecified atom stereocenters. The van der Waals surface area contributed by atoms with Crippen molar-refractivity contribution in [3.05, 3.63) is 48.0 Å². The molecule has 0 fully saturated rings. The van der Waals surface area contributed by atoms with E-state index in [-0.39, 0.29) is 36.9 Å². The van der Waals surface area contributed by atoms with Crippen LogP contribution in [0.15, 0.2) is 42.5 Å². The number of hydrogen-bond donors (Lipinski definition) is 4. The minimum absolute atomic E-state index is 0.0518. The molecule has 2 atom stereocenters. The zero-order valence-corrected chi connectivity index (χ0v) is 28.8. The number of benzene rings is 2. The second-order valence-electron chi connectivity index (χ2n) is 12.8. The third-order valence-electron chi connectivity index (χ3n) is 8.49. The topological polar surface area (TPSA) is 99.4 Å². The Morgan fingerprint density at radius 1 is 0.537 bits per heavy atom. The zero-order valence-electron chi connectivity index (χ0n) is 28.8. The molecule has 0 amide bonds. The van der Waals surface area contributed by atoms with Crippen LogP contribution >= 0.6 is 0 Å². The lowest BCUT2D eigenvalue weighted by atomic mass is 9.91. The van der Waals surface area contributed by atoms with E-state index in [4.69, 9.17) is 19.7 Å². The first kappa shape index (κ1) is 47.1. The molecule has 2 aromatic carbocycles. The van der Waals surface area contributed by atoms with E-state index >= 15 is 0 Å². The number of unbranched alkanes of at least 4 members (excludes halogenated alkanes) is 6. The second-order valence-corrected chi connectivity index (χ2v) is 12.8. The quantitative estimate of drug-likeness (QED) is 0.0591. The van der Waals surface area contributed by atoms with Crippen molar-refractivity contribution in [2.75, 3.05) is 26.4 Å². The summed E-state index contributed by atoms with van der Waals surface area (Å²) in [5.74, 6) is -36.8. The smallest absolute Gasteiger partial charge is 0.460 e. The highest BCUT2D eigenvalue weighted by Crippen LogP contribution is 2.60. The van der Waals surface area contributed by atoms with E-state index in [0.717, 1.165) is 32.1 Å². The maximum atomic E-state index is 14.5. The maximum absolute atomic E-state index is 14.5. The molecule has 310 valence electrons. The minimum Gasteiger partial charge on any atom is -0.493 e. The van der Waals surface area contributed by atoms with Gasteiger partial charge in [-0.3, -0.25) is 0 Å². The number of aliphatic hydroxyl groups is 4. The van der Waals surface area contributed by atoms with E-state index in [1.165, 1.54) is 42.5 Å². The average Bonchev–Trinajstić information content (AvgIpc) is 3.10. The van der Waals surface area contributed by atoms with E-state index in [2.05, 4.69) is 0 Å². The van der Waals surface area contributed by atoms with Crippen molar-refractivity contribution in [2.45, 2.75) is 119 Å². The van der Waals surface area contributed by atoms with Crippen molar-refractivity contribution in [1.29, 1.82) is 0 Å². The molecular weight excluding hydrogens is 763 g/mol. The lowest BCUT2D eigenvalue weighted by molar-refractivity contribution is -0.440. The predicted octanol–water partition coefficient (Wildman–Crippen LogP) is 9.00. The molecule has 0 aliphatic heterocycles. The van der Waals surface area contributed by atoms with Gasteiger partial charge in [0.25, 0.3) is 0 Å². The van der Waals surface area contributed by atoms with Crippen LogP contribution in [0.25, 0.3) is 11.1 Å². The molecule has 0 saturated carbocycles. The number of rotatable bonds is 25. The SMILES string of the molecule is OCC(O)CCCCCCCCCOc1ccc(-c2ccc(OCC(O)CO)cc2)cc1CCCC(F)(F)C(F)(F)C(F)(F)C(F)(F)C(F)(F)C(F)(F)F. The molecule has 0 bridgehead atoms. The van der Waals surface area contributed by atoms with Gasteiger partial charge < -0.3 is 29.9 Å². The van der Waals surface area contributed by atoms with Gasteiger partial charge in [0.15, 0.2) is 0 Å². The molecule has 4 N–H and O–H groups in total. The molecule has 0 heterocycles. The van der Waals surface area contributed by atoms with Gasteiger partial charge in [-0.2, -0.15) is 57.1 Å². The monoisotopic (exact) mass is 806 g/mol. The molecule has 19 heteroatoms. The second kappa shape index (κ2) is 19.7. The van der Waals surface area contributed by atoms with Crippen LogP contribution in [0.1, 0.15) is 69.8 Å². The van der Waals surface area contributed by atoms with Crippen molar-refractivity contribution in [1.82, 2.24) is 0 Å². The van der Waals surface area contributed by atoms with Gasteiger partial charge in [0.05, 0.1) is 25.9 Å².